The number of benzene rings is 1. The van der Waals surface area contributed by atoms with E-state index in [0.717, 1.165) is 17.3 Å². The number of hydrogen-bond donors (Lipinski definition) is 1. The van der Waals surface area contributed by atoms with Gasteiger partial charge < -0.3 is 9.94 Å². The van der Waals surface area contributed by atoms with Gasteiger partial charge in [0.05, 0.1) is 5.52 Å². The molecule has 0 aliphatic heterocycles. The molecule has 0 fully saturated rings. The number of aryl methyl sites for hydroxylation is 1. The van der Waals surface area contributed by atoms with Gasteiger partial charge in [0.15, 0.2) is 0 Å². The smallest absolute Gasteiger partial charge is 0.226 e. The summed E-state index contributed by atoms with van der Waals surface area (Å²) in [5, 5.41) is 10.5. The van der Waals surface area contributed by atoms with Crippen molar-refractivity contribution < 1.29 is 9.94 Å². The minimum atomic E-state index is 0.135. The second-order valence-electron chi connectivity index (χ2n) is 3.23. The third-order valence-electron chi connectivity index (χ3n) is 2.40. The summed E-state index contributed by atoms with van der Waals surface area (Å²) in [5.74, 6) is 0.135. The highest BCUT2D eigenvalue weighted by Gasteiger charge is 2.07. The standard InChI is InChI=1S/C11H13NO2/c1-3-8-4-5-9-7-11(13)12(14-2)10(9)6-8/h4-7,13H,3H2,1-2H3. The second-order valence-corrected chi connectivity index (χ2v) is 3.23. The number of rotatable bonds is 2. The summed E-state index contributed by atoms with van der Waals surface area (Å²) in [6, 6.07) is 7.77. The molecule has 74 valence electrons. The molecular formula is C11H13NO2. The van der Waals surface area contributed by atoms with Gasteiger partial charge in [0, 0.05) is 11.5 Å². The summed E-state index contributed by atoms with van der Waals surface area (Å²) in [4.78, 5) is 5.06. The number of aromatic nitrogens is 1. The average molecular weight is 191 g/mol. The quantitative estimate of drug-likeness (QED) is 0.787. The van der Waals surface area contributed by atoms with Crippen molar-refractivity contribution in [2.45, 2.75) is 13.3 Å². The summed E-state index contributed by atoms with van der Waals surface area (Å²) in [6.07, 6.45) is 0.978. The molecule has 1 aromatic heterocycles. The van der Waals surface area contributed by atoms with Gasteiger partial charge in [0.25, 0.3) is 0 Å². The normalized spacial score (nSPS) is 10.7. The van der Waals surface area contributed by atoms with Crippen LogP contribution in [0.5, 0.6) is 5.88 Å². The van der Waals surface area contributed by atoms with E-state index in [1.807, 2.05) is 12.1 Å². The fourth-order valence-corrected chi connectivity index (χ4v) is 1.62. The molecule has 1 heterocycles. The van der Waals surface area contributed by atoms with Crippen LogP contribution in [0.15, 0.2) is 24.3 Å². The highest BCUT2D eigenvalue weighted by Crippen LogP contribution is 2.24. The molecule has 1 aromatic carbocycles. The molecule has 0 amide bonds. The van der Waals surface area contributed by atoms with Crippen LogP contribution in [0, 0.1) is 0 Å². The molecule has 0 bridgehead atoms. The lowest BCUT2D eigenvalue weighted by molar-refractivity contribution is 0.152. The van der Waals surface area contributed by atoms with Gasteiger partial charge in [-0.05, 0) is 18.1 Å². The summed E-state index contributed by atoms with van der Waals surface area (Å²) >= 11 is 0. The Kier molecular flexibility index (Phi) is 2.08. The lowest BCUT2D eigenvalue weighted by atomic mass is 10.1. The fourth-order valence-electron chi connectivity index (χ4n) is 1.62. The van der Waals surface area contributed by atoms with Gasteiger partial charge in [-0.2, -0.15) is 0 Å². The Labute approximate surface area is 82.5 Å². The molecule has 0 atom stereocenters. The second kappa shape index (κ2) is 3.25. The molecule has 0 unspecified atom stereocenters. The van der Waals surface area contributed by atoms with E-state index in [1.54, 1.807) is 6.07 Å². The molecule has 0 saturated heterocycles. The maximum atomic E-state index is 9.54. The number of nitrogens with zero attached hydrogens (tertiary/aromatic N) is 1. The molecule has 14 heavy (non-hydrogen) atoms. The van der Waals surface area contributed by atoms with Gasteiger partial charge in [0.1, 0.15) is 7.11 Å². The molecule has 0 spiro atoms. The fraction of sp³-hybridized carbons (Fsp3) is 0.273. The molecule has 0 aliphatic rings. The summed E-state index contributed by atoms with van der Waals surface area (Å²) in [7, 11) is 1.54. The van der Waals surface area contributed by atoms with Crippen molar-refractivity contribution in [3.63, 3.8) is 0 Å². The molecule has 3 heteroatoms. The lowest BCUT2D eigenvalue weighted by Crippen LogP contribution is -2.04. The molecule has 0 radical (unpaired) electrons. The van der Waals surface area contributed by atoms with Gasteiger partial charge in [0.2, 0.25) is 5.88 Å². The van der Waals surface area contributed by atoms with Gasteiger partial charge >= 0.3 is 0 Å². The average Bonchev–Trinajstić information content (AvgIpc) is 2.52. The van der Waals surface area contributed by atoms with Gasteiger partial charge in [-0.1, -0.05) is 19.1 Å². The first kappa shape index (κ1) is 8.94. The van der Waals surface area contributed by atoms with E-state index in [4.69, 9.17) is 4.84 Å². The van der Waals surface area contributed by atoms with E-state index in [0.29, 0.717) is 0 Å². The SMILES string of the molecule is CCc1ccc2cc(O)n(OC)c2c1. The molecule has 2 aromatic rings. The van der Waals surface area contributed by atoms with E-state index in [9.17, 15) is 5.11 Å². The predicted octanol–water partition coefficient (Wildman–Crippen LogP) is 1.97. The van der Waals surface area contributed by atoms with Gasteiger partial charge in [-0.25, -0.2) is 0 Å². The first-order valence-electron chi connectivity index (χ1n) is 4.64. The van der Waals surface area contributed by atoms with Crippen molar-refractivity contribution in [2.24, 2.45) is 0 Å². The van der Waals surface area contributed by atoms with Crippen molar-refractivity contribution in [3.05, 3.63) is 29.8 Å². The first-order valence-corrected chi connectivity index (χ1v) is 4.64. The van der Waals surface area contributed by atoms with Crippen molar-refractivity contribution in [3.8, 4) is 5.88 Å². The zero-order valence-electron chi connectivity index (χ0n) is 8.32. The van der Waals surface area contributed by atoms with Crippen LogP contribution < -0.4 is 4.84 Å². The third kappa shape index (κ3) is 1.21. The van der Waals surface area contributed by atoms with Crippen molar-refractivity contribution in [2.75, 3.05) is 7.11 Å². The predicted molar refractivity (Wildman–Crippen MR) is 55.5 cm³/mol. The van der Waals surface area contributed by atoms with E-state index in [-0.39, 0.29) is 5.88 Å². The Morgan fingerprint density at radius 2 is 2.14 bits per heavy atom. The highest BCUT2D eigenvalue weighted by molar-refractivity contribution is 5.82. The lowest BCUT2D eigenvalue weighted by Gasteiger charge is -2.04. The molecule has 0 saturated carbocycles. The van der Waals surface area contributed by atoms with Crippen molar-refractivity contribution in [1.29, 1.82) is 0 Å². The largest absolute Gasteiger partial charge is 0.492 e. The molecule has 0 aliphatic carbocycles. The Morgan fingerprint density at radius 1 is 1.36 bits per heavy atom. The molecule has 1 N–H and O–H groups in total. The maximum absolute atomic E-state index is 9.54. The topological polar surface area (TPSA) is 34.4 Å². The minimum Gasteiger partial charge on any atom is -0.492 e. The third-order valence-corrected chi connectivity index (χ3v) is 2.40. The number of fused-ring (bicyclic) bond motifs is 1. The zero-order chi connectivity index (χ0) is 10.1. The van der Waals surface area contributed by atoms with Crippen molar-refractivity contribution >= 4 is 10.9 Å². The van der Waals surface area contributed by atoms with Crippen LogP contribution in [0.4, 0.5) is 0 Å². The van der Waals surface area contributed by atoms with E-state index < -0.39 is 0 Å². The van der Waals surface area contributed by atoms with E-state index in [1.165, 1.54) is 17.4 Å². The van der Waals surface area contributed by atoms with Crippen LogP contribution in [0.2, 0.25) is 0 Å². The van der Waals surface area contributed by atoms with Crippen LogP contribution >= 0.6 is 0 Å². The maximum Gasteiger partial charge on any atom is 0.226 e. The van der Waals surface area contributed by atoms with Crippen LogP contribution in [-0.2, 0) is 6.42 Å². The minimum absolute atomic E-state index is 0.135. The zero-order valence-corrected chi connectivity index (χ0v) is 8.32. The summed E-state index contributed by atoms with van der Waals surface area (Å²) in [5.41, 5.74) is 2.14. The van der Waals surface area contributed by atoms with Crippen molar-refractivity contribution in [1.82, 2.24) is 4.73 Å². The first-order chi connectivity index (χ1) is 6.76. The number of aromatic hydroxyl groups is 1. The van der Waals surface area contributed by atoms with Gasteiger partial charge in [-0.3, -0.25) is 0 Å². The monoisotopic (exact) mass is 191 g/mol. The highest BCUT2D eigenvalue weighted by atomic mass is 16.7. The van der Waals surface area contributed by atoms with Crippen LogP contribution in [0.3, 0.4) is 0 Å². The van der Waals surface area contributed by atoms with Crippen LogP contribution in [-0.4, -0.2) is 16.9 Å². The summed E-state index contributed by atoms with van der Waals surface area (Å²) < 4.78 is 1.43. The van der Waals surface area contributed by atoms with E-state index in [2.05, 4.69) is 13.0 Å². The van der Waals surface area contributed by atoms with Crippen LogP contribution in [0.1, 0.15) is 12.5 Å². The molecule has 3 nitrogen and oxygen atoms in total. The van der Waals surface area contributed by atoms with Crippen LogP contribution in [0.25, 0.3) is 10.9 Å². The van der Waals surface area contributed by atoms with E-state index >= 15 is 0 Å². The summed E-state index contributed by atoms with van der Waals surface area (Å²) in [6.45, 7) is 2.10. The molecule has 2 rings (SSSR count). The Bertz CT molecular complexity index is 460. The Balaban J connectivity index is 2.71. The Morgan fingerprint density at radius 3 is 2.79 bits per heavy atom. The Hall–Kier alpha value is -1.64. The number of hydrogen-bond acceptors (Lipinski definition) is 2. The van der Waals surface area contributed by atoms with Gasteiger partial charge in [-0.15, -0.1) is 4.73 Å². The molecular weight excluding hydrogens is 178 g/mol.